The van der Waals surface area contributed by atoms with Crippen LogP contribution in [0, 0.1) is 13.8 Å². The van der Waals surface area contributed by atoms with Crippen LogP contribution < -0.4 is 11.1 Å². The number of aryl methyl sites for hydroxylation is 1. The number of rotatable bonds is 7. The fraction of sp³-hybridized carbons (Fsp3) is 0.192. The monoisotopic (exact) mass is 489 g/mol. The summed E-state index contributed by atoms with van der Waals surface area (Å²) in [5, 5.41) is 2.75. The molecule has 2 aromatic heterocycles. The lowest BCUT2D eigenvalue weighted by molar-refractivity contribution is -0.143. The van der Waals surface area contributed by atoms with Gasteiger partial charge < -0.3 is 14.0 Å². The third-order valence-electron chi connectivity index (χ3n) is 5.81. The van der Waals surface area contributed by atoms with Gasteiger partial charge in [0.15, 0.2) is 6.61 Å². The number of carbonyl (C=O) groups excluding carboxylic acids is 3. The first-order chi connectivity index (χ1) is 17.2. The molecule has 0 fully saturated rings. The molecule has 0 saturated carbocycles. The third-order valence-corrected chi connectivity index (χ3v) is 5.81. The number of ketones is 1. The molecule has 36 heavy (non-hydrogen) atoms. The summed E-state index contributed by atoms with van der Waals surface area (Å²) in [4.78, 5) is 61.6. The van der Waals surface area contributed by atoms with E-state index < -0.39 is 42.0 Å². The SMILES string of the molecule is COC(=O)c1ccc(-n2c(C)cc(C(=O)COC(=O)Cn3[nH]c(=O)c4ccccc4c3=O)c2C)cc1. The molecule has 2 heterocycles. The number of H-pyrrole nitrogens is 1. The van der Waals surface area contributed by atoms with Crippen LogP contribution in [0.2, 0.25) is 0 Å². The number of aromatic nitrogens is 3. The zero-order valence-corrected chi connectivity index (χ0v) is 19.9. The summed E-state index contributed by atoms with van der Waals surface area (Å²) in [6.45, 7) is 2.51. The van der Waals surface area contributed by atoms with Crippen LogP contribution in [0.3, 0.4) is 0 Å². The molecule has 0 spiro atoms. The Morgan fingerprint density at radius 2 is 1.61 bits per heavy atom. The lowest BCUT2D eigenvalue weighted by Crippen LogP contribution is -2.33. The summed E-state index contributed by atoms with van der Waals surface area (Å²) in [5.74, 6) is -1.72. The Balaban J connectivity index is 1.47. The van der Waals surface area contributed by atoms with Gasteiger partial charge in [0.05, 0.1) is 23.4 Å². The van der Waals surface area contributed by atoms with E-state index in [0.717, 1.165) is 16.1 Å². The molecule has 0 aliphatic heterocycles. The molecule has 0 unspecified atom stereocenters. The molecule has 0 aliphatic carbocycles. The smallest absolute Gasteiger partial charge is 0.337 e. The maximum absolute atomic E-state index is 12.8. The van der Waals surface area contributed by atoms with E-state index >= 15 is 0 Å². The second-order valence-corrected chi connectivity index (χ2v) is 8.12. The number of carbonyl (C=O) groups is 3. The van der Waals surface area contributed by atoms with Gasteiger partial charge >= 0.3 is 11.9 Å². The quantitative estimate of drug-likeness (QED) is 0.311. The highest BCUT2D eigenvalue weighted by Crippen LogP contribution is 2.22. The Labute approximate surface area is 204 Å². The zero-order valence-electron chi connectivity index (χ0n) is 19.9. The van der Waals surface area contributed by atoms with Crippen LogP contribution in [0.25, 0.3) is 16.5 Å². The van der Waals surface area contributed by atoms with Crippen LogP contribution in [0.4, 0.5) is 0 Å². The van der Waals surface area contributed by atoms with Gasteiger partial charge in [0, 0.05) is 22.6 Å². The molecule has 4 aromatic rings. The van der Waals surface area contributed by atoms with E-state index in [2.05, 4.69) is 5.10 Å². The van der Waals surface area contributed by atoms with Crippen molar-refractivity contribution in [3.8, 4) is 5.69 Å². The van der Waals surface area contributed by atoms with Gasteiger partial charge in [-0.05, 0) is 56.3 Å². The topological polar surface area (TPSA) is 129 Å². The number of esters is 2. The normalized spacial score (nSPS) is 10.9. The van der Waals surface area contributed by atoms with Gasteiger partial charge in [-0.1, -0.05) is 12.1 Å². The number of nitrogens with zero attached hydrogens (tertiary/aromatic N) is 2. The molecule has 0 amide bonds. The summed E-state index contributed by atoms with van der Waals surface area (Å²) in [6.07, 6.45) is 0. The number of fused-ring (bicyclic) bond motifs is 1. The van der Waals surface area contributed by atoms with Crippen LogP contribution in [0.5, 0.6) is 0 Å². The average Bonchev–Trinajstić information content (AvgIpc) is 3.19. The van der Waals surface area contributed by atoms with E-state index in [-0.39, 0.29) is 10.8 Å². The first kappa shape index (κ1) is 24.4. The Morgan fingerprint density at radius 1 is 0.944 bits per heavy atom. The van der Waals surface area contributed by atoms with Crippen molar-refractivity contribution in [3.63, 3.8) is 0 Å². The van der Waals surface area contributed by atoms with Crippen LogP contribution >= 0.6 is 0 Å². The van der Waals surface area contributed by atoms with Crippen molar-refractivity contribution in [3.05, 3.63) is 97.8 Å². The molecule has 0 radical (unpaired) electrons. The third kappa shape index (κ3) is 4.61. The number of nitrogens with one attached hydrogen (secondary N) is 1. The van der Waals surface area contributed by atoms with Gasteiger partial charge in [0.1, 0.15) is 6.54 Å². The van der Waals surface area contributed by atoms with Crippen molar-refractivity contribution in [1.82, 2.24) is 14.3 Å². The Hall–Kier alpha value is -4.73. The molecule has 0 aliphatic rings. The highest BCUT2D eigenvalue weighted by atomic mass is 16.5. The van der Waals surface area contributed by atoms with Crippen molar-refractivity contribution in [2.24, 2.45) is 0 Å². The van der Waals surface area contributed by atoms with Gasteiger partial charge in [-0.15, -0.1) is 0 Å². The number of benzene rings is 2. The number of methoxy groups -OCH3 is 1. The van der Waals surface area contributed by atoms with Gasteiger partial charge in [-0.3, -0.25) is 24.3 Å². The maximum atomic E-state index is 12.8. The molecule has 2 aromatic carbocycles. The van der Waals surface area contributed by atoms with Gasteiger partial charge in [-0.2, -0.15) is 0 Å². The molecule has 0 bridgehead atoms. The van der Waals surface area contributed by atoms with Crippen molar-refractivity contribution < 1.29 is 23.9 Å². The van der Waals surface area contributed by atoms with Crippen molar-refractivity contribution in [2.45, 2.75) is 20.4 Å². The summed E-state index contributed by atoms with van der Waals surface area (Å²) in [5.41, 5.74) is 1.86. The van der Waals surface area contributed by atoms with E-state index in [4.69, 9.17) is 9.47 Å². The lowest BCUT2D eigenvalue weighted by atomic mass is 10.1. The predicted octanol–water partition coefficient (Wildman–Crippen LogP) is 2.31. The summed E-state index contributed by atoms with van der Waals surface area (Å²) in [6, 6.07) is 14.7. The highest BCUT2D eigenvalue weighted by molar-refractivity contribution is 5.99. The molecular weight excluding hydrogens is 466 g/mol. The van der Waals surface area contributed by atoms with Gasteiger partial charge in [-0.25, -0.2) is 9.48 Å². The fourth-order valence-electron chi connectivity index (χ4n) is 4.06. The number of hydrogen-bond acceptors (Lipinski definition) is 7. The summed E-state index contributed by atoms with van der Waals surface area (Å²) in [7, 11) is 1.31. The number of ether oxygens (including phenoxy) is 2. The first-order valence-corrected chi connectivity index (χ1v) is 11.0. The predicted molar refractivity (Wildman–Crippen MR) is 131 cm³/mol. The summed E-state index contributed by atoms with van der Waals surface area (Å²) >= 11 is 0. The van der Waals surface area contributed by atoms with Crippen LogP contribution in [0.1, 0.15) is 32.1 Å². The Morgan fingerprint density at radius 3 is 2.28 bits per heavy atom. The van der Waals surface area contributed by atoms with E-state index in [9.17, 15) is 24.0 Å². The Bertz CT molecular complexity index is 1610. The minimum absolute atomic E-state index is 0.178. The van der Waals surface area contributed by atoms with Gasteiger partial charge in [0.25, 0.3) is 11.1 Å². The van der Waals surface area contributed by atoms with Crippen molar-refractivity contribution in [2.75, 3.05) is 13.7 Å². The van der Waals surface area contributed by atoms with Gasteiger partial charge in [0.2, 0.25) is 5.78 Å². The maximum Gasteiger partial charge on any atom is 0.337 e. The number of hydrogen-bond donors (Lipinski definition) is 1. The molecule has 10 nitrogen and oxygen atoms in total. The minimum atomic E-state index is -0.844. The van der Waals surface area contributed by atoms with Crippen LogP contribution in [-0.4, -0.2) is 45.8 Å². The minimum Gasteiger partial charge on any atom is -0.465 e. The second-order valence-electron chi connectivity index (χ2n) is 8.12. The zero-order chi connectivity index (χ0) is 26.0. The average molecular weight is 489 g/mol. The van der Waals surface area contributed by atoms with Crippen LogP contribution in [-0.2, 0) is 20.8 Å². The summed E-state index contributed by atoms with van der Waals surface area (Å²) < 4.78 is 12.5. The standard InChI is InChI=1S/C26H23N3O7/c1-15-12-21(16(2)29(15)18-10-8-17(9-11-18)26(34)35-3)22(30)14-36-23(31)13-28-25(33)20-7-5-4-6-19(20)24(32)27-28/h4-12H,13-14H2,1-3H3,(H,27,32). The van der Waals surface area contributed by atoms with Crippen LogP contribution in [0.15, 0.2) is 64.2 Å². The molecule has 0 saturated heterocycles. The molecule has 10 heteroatoms. The first-order valence-electron chi connectivity index (χ1n) is 11.0. The van der Waals surface area contributed by atoms with Crippen molar-refractivity contribution >= 4 is 28.5 Å². The number of aromatic amines is 1. The van der Waals surface area contributed by atoms with E-state index in [1.54, 1.807) is 49.4 Å². The highest BCUT2D eigenvalue weighted by Gasteiger charge is 2.19. The van der Waals surface area contributed by atoms with Crippen molar-refractivity contribution in [1.29, 1.82) is 0 Å². The largest absolute Gasteiger partial charge is 0.465 e. The fourth-order valence-corrected chi connectivity index (χ4v) is 4.06. The number of Topliss-reactive ketones (excluding diaryl/α,β-unsaturated/α-hetero) is 1. The van der Waals surface area contributed by atoms with E-state index in [1.165, 1.54) is 19.2 Å². The Kier molecular flexibility index (Phi) is 6.69. The molecule has 0 atom stereocenters. The lowest BCUT2D eigenvalue weighted by Gasteiger charge is -2.11. The molecule has 4 rings (SSSR count). The van der Waals surface area contributed by atoms with E-state index in [1.807, 2.05) is 11.5 Å². The second kappa shape index (κ2) is 9.87. The molecule has 1 N–H and O–H groups in total. The molecule has 184 valence electrons. The van der Waals surface area contributed by atoms with E-state index in [0.29, 0.717) is 16.8 Å². The molecular formula is C26H23N3O7.